The first-order valence-corrected chi connectivity index (χ1v) is 9.17. The molecule has 0 N–H and O–H groups in total. The number of hydrogen-bond donors (Lipinski definition) is 0. The largest absolute Gasteiger partial charge is 0.341 e. The van der Waals surface area contributed by atoms with E-state index in [0.29, 0.717) is 23.1 Å². The maximum absolute atomic E-state index is 12.8. The molecule has 3 rings (SSSR count). The zero-order valence-corrected chi connectivity index (χ0v) is 16.2. The molecule has 0 radical (unpaired) electrons. The highest BCUT2D eigenvalue weighted by atomic mass is 35.5. The first-order valence-electron chi connectivity index (χ1n) is 8.41. The van der Waals surface area contributed by atoms with Crippen molar-refractivity contribution >= 4 is 40.7 Å². The monoisotopic (exact) mass is 390 g/mol. The SMILES string of the molecule is Cc1ccc(N2C[C@@H](C(=O)N(C)Cc3cccc(Cl)c3Cl)CC2=O)cc1. The summed E-state index contributed by atoms with van der Waals surface area (Å²) >= 11 is 12.2. The molecule has 4 nitrogen and oxygen atoms in total. The van der Waals surface area contributed by atoms with E-state index in [-0.39, 0.29) is 24.2 Å². The molecule has 0 unspecified atom stereocenters. The van der Waals surface area contributed by atoms with Crippen molar-refractivity contribution in [2.75, 3.05) is 18.5 Å². The van der Waals surface area contributed by atoms with Crippen LogP contribution >= 0.6 is 23.2 Å². The van der Waals surface area contributed by atoms with Crippen LogP contribution in [0.2, 0.25) is 10.0 Å². The summed E-state index contributed by atoms with van der Waals surface area (Å²) in [5.74, 6) is -0.447. The van der Waals surface area contributed by atoms with Gasteiger partial charge in [-0.2, -0.15) is 0 Å². The van der Waals surface area contributed by atoms with Gasteiger partial charge in [0.05, 0.1) is 16.0 Å². The zero-order chi connectivity index (χ0) is 18.8. The number of benzene rings is 2. The average Bonchev–Trinajstić information content (AvgIpc) is 3.00. The van der Waals surface area contributed by atoms with Gasteiger partial charge in [0.1, 0.15) is 0 Å². The van der Waals surface area contributed by atoms with Crippen LogP contribution in [0.4, 0.5) is 5.69 Å². The Balaban J connectivity index is 1.69. The van der Waals surface area contributed by atoms with Gasteiger partial charge in [0.25, 0.3) is 0 Å². The summed E-state index contributed by atoms with van der Waals surface area (Å²) in [4.78, 5) is 28.5. The Bertz CT molecular complexity index is 836. The molecule has 1 saturated heterocycles. The third kappa shape index (κ3) is 3.87. The fraction of sp³-hybridized carbons (Fsp3) is 0.300. The number of anilines is 1. The summed E-state index contributed by atoms with van der Waals surface area (Å²) < 4.78 is 0. The van der Waals surface area contributed by atoms with E-state index in [4.69, 9.17) is 23.2 Å². The molecule has 2 amide bonds. The number of carbonyl (C=O) groups excluding carboxylic acids is 2. The normalized spacial score (nSPS) is 16.8. The lowest BCUT2D eigenvalue weighted by atomic mass is 10.1. The molecule has 1 aliphatic rings. The smallest absolute Gasteiger partial charge is 0.228 e. The summed E-state index contributed by atoms with van der Waals surface area (Å²) in [7, 11) is 1.72. The van der Waals surface area contributed by atoms with E-state index in [1.165, 1.54) is 0 Å². The summed E-state index contributed by atoms with van der Waals surface area (Å²) in [6, 6.07) is 13.1. The third-order valence-corrected chi connectivity index (χ3v) is 5.49. The molecule has 1 heterocycles. The van der Waals surface area contributed by atoms with Gasteiger partial charge < -0.3 is 9.80 Å². The third-order valence-electron chi connectivity index (χ3n) is 4.64. The second kappa shape index (κ2) is 7.68. The number of aryl methyl sites for hydroxylation is 1. The first-order chi connectivity index (χ1) is 12.4. The maximum atomic E-state index is 12.8. The van der Waals surface area contributed by atoms with Gasteiger partial charge in [-0.3, -0.25) is 9.59 Å². The van der Waals surface area contributed by atoms with E-state index in [9.17, 15) is 9.59 Å². The van der Waals surface area contributed by atoms with Crippen LogP contribution in [0.5, 0.6) is 0 Å². The molecule has 26 heavy (non-hydrogen) atoms. The Morgan fingerprint density at radius 1 is 1.19 bits per heavy atom. The molecule has 136 valence electrons. The van der Waals surface area contributed by atoms with Crippen molar-refractivity contribution in [2.24, 2.45) is 5.92 Å². The number of rotatable bonds is 4. The molecule has 2 aromatic rings. The summed E-state index contributed by atoms with van der Waals surface area (Å²) in [5.41, 5.74) is 2.75. The van der Waals surface area contributed by atoms with Crippen molar-refractivity contribution in [1.29, 1.82) is 0 Å². The van der Waals surface area contributed by atoms with Crippen LogP contribution in [0, 0.1) is 12.8 Å². The first kappa shape index (κ1) is 18.7. The fourth-order valence-corrected chi connectivity index (χ4v) is 3.54. The van der Waals surface area contributed by atoms with Crippen LogP contribution in [0.1, 0.15) is 17.5 Å². The fourth-order valence-electron chi connectivity index (χ4n) is 3.16. The number of halogens is 2. The quantitative estimate of drug-likeness (QED) is 0.779. The molecular formula is C20H20Cl2N2O2. The lowest BCUT2D eigenvalue weighted by Gasteiger charge is -2.22. The van der Waals surface area contributed by atoms with Crippen molar-refractivity contribution in [3.63, 3.8) is 0 Å². The Morgan fingerprint density at radius 3 is 2.58 bits per heavy atom. The number of amides is 2. The van der Waals surface area contributed by atoms with Crippen molar-refractivity contribution in [2.45, 2.75) is 19.9 Å². The van der Waals surface area contributed by atoms with Crippen molar-refractivity contribution in [1.82, 2.24) is 4.90 Å². The molecule has 0 bridgehead atoms. The van der Waals surface area contributed by atoms with Gasteiger partial charge in [0.2, 0.25) is 11.8 Å². The lowest BCUT2D eigenvalue weighted by molar-refractivity contribution is -0.135. The van der Waals surface area contributed by atoms with E-state index in [2.05, 4.69) is 0 Å². The van der Waals surface area contributed by atoms with Crippen molar-refractivity contribution in [3.8, 4) is 0 Å². The molecule has 2 aromatic carbocycles. The predicted molar refractivity (Wildman–Crippen MR) is 105 cm³/mol. The molecule has 0 aromatic heterocycles. The topological polar surface area (TPSA) is 40.6 Å². The zero-order valence-electron chi connectivity index (χ0n) is 14.7. The maximum Gasteiger partial charge on any atom is 0.228 e. The summed E-state index contributed by atoms with van der Waals surface area (Å²) in [6.45, 7) is 2.75. The molecule has 0 aliphatic carbocycles. The molecule has 1 aliphatic heterocycles. The minimum Gasteiger partial charge on any atom is -0.341 e. The lowest BCUT2D eigenvalue weighted by Crippen LogP contribution is -2.34. The Hall–Kier alpha value is -2.04. The van der Waals surface area contributed by atoms with Crippen LogP contribution < -0.4 is 4.90 Å². The van der Waals surface area contributed by atoms with Crippen LogP contribution in [-0.4, -0.2) is 30.3 Å². The van der Waals surface area contributed by atoms with Gasteiger partial charge in [-0.15, -0.1) is 0 Å². The summed E-state index contributed by atoms with van der Waals surface area (Å²) in [6.07, 6.45) is 0.223. The van der Waals surface area contributed by atoms with Gasteiger partial charge in [-0.05, 0) is 30.7 Å². The van der Waals surface area contributed by atoms with Gasteiger partial charge in [0, 0.05) is 32.2 Å². The van der Waals surface area contributed by atoms with Crippen molar-refractivity contribution in [3.05, 3.63) is 63.6 Å². The Kier molecular flexibility index (Phi) is 5.54. The number of nitrogens with zero attached hydrogens (tertiary/aromatic N) is 2. The van der Waals surface area contributed by atoms with Gasteiger partial charge in [-0.25, -0.2) is 0 Å². The Morgan fingerprint density at radius 2 is 1.88 bits per heavy atom. The highest BCUT2D eigenvalue weighted by Crippen LogP contribution is 2.29. The van der Waals surface area contributed by atoms with Crippen molar-refractivity contribution < 1.29 is 9.59 Å². The second-order valence-electron chi connectivity index (χ2n) is 6.65. The molecule has 1 fully saturated rings. The van der Waals surface area contributed by atoms with E-state index in [1.54, 1.807) is 29.0 Å². The summed E-state index contributed by atoms with van der Waals surface area (Å²) in [5, 5.41) is 0.921. The van der Waals surface area contributed by atoms with E-state index >= 15 is 0 Å². The standard InChI is InChI=1S/C20H20Cl2N2O2/c1-13-6-8-16(9-7-13)24-12-15(10-18(24)25)20(26)23(2)11-14-4-3-5-17(21)19(14)22/h3-9,15H,10-12H2,1-2H3/t15-/m0/s1. The Labute approximate surface area is 163 Å². The average molecular weight is 391 g/mol. The molecule has 0 saturated carbocycles. The van der Waals surface area contributed by atoms with Crippen LogP contribution in [0.3, 0.4) is 0 Å². The second-order valence-corrected chi connectivity index (χ2v) is 7.43. The molecule has 6 heteroatoms. The molecule has 0 spiro atoms. The van der Waals surface area contributed by atoms with Crippen LogP contribution in [0.15, 0.2) is 42.5 Å². The van der Waals surface area contributed by atoms with Gasteiger partial charge in [-0.1, -0.05) is 53.0 Å². The van der Waals surface area contributed by atoms with E-state index in [0.717, 1.165) is 16.8 Å². The van der Waals surface area contributed by atoms with E-state index in [1.807, 2.05) is 37.3 Å². The van der Waals surface area contributed by atoms with E-state index < -0.39 is 0 Å². The van der Waals surface area contributed by atoms with Gasteiger partial charge >= 0.3 is 0 Å². The van der Waals surface area contributed by atoms with Crippen LogP contribution in [-0.2, 0) is 16.1 Å². The highest BCUT2D eigenvalue weighted by Gasteiger charge is 2.36. The number of hydrogen-bond acceptors (Lipinski definition) is 2. The minimum absolute atomic E-state index is 0.0265. The van der Waals surface area contributed by atoms with Crippen LogP contribution in [0.25, 0.3) is 0 Å². The number of carbonyl (C=O) groups is 2. The minimum atomic E-state index is -0.355. The molecular weight excluding hydrogens is 371 g/mol. The van der Waals surface area contributed by atoms with Gasteiger partial charge in [0.15, 0.2) is 0 Å². The predicted octanol–water partition coefficient (Wildman–Crippen LogP) is 4.31. The highest BCUT2D eigenvalue weighted by molar-refractivity contribution is 6.42. The molecule has 1 atom stereocenters.